The van der Waals surface area contributed by atoms with E-state index in [1.165, 1.54) is 0 Å². The van der Waals surface area contributed by atoms with Crippen LogP contribution in [0.15, 0.2) is 0 Å². The van der Waals surface area contributed by atoms with E-state index in [1.807, 2.05) is 0 Å². The van der Waals surface area contributed by atoms with Crippen molar-refractivity contribution >= 4 is 0 Å². The molecule has 0 radical (unpaired) electrons. The van der Waals surface area contributed by atoms with Gasteiger partial charge in [0.2, 0.25) is 0 Å². The smallest absolute Gasteiger partial charge is 0.352 e. The molecule has 14 heavy (non-hydrogen) atoms. The maximum atomic E-state index is 12.7. The van der Waals surface area contributed by atoms with Gasteiger partial charge >= 0.3 is 12.1 Å². The second-order valence-corrected chi connectivity index (χ2v) is 2.72. The van der Waals surface area contributed by atoms with Gasteiger partial charge in [-0.25, -0.2) is 4.39 Å². The van der Waals surface area contributed by atoms with Crippen LogP contribution in [0.3, 0.4) is 0 Å². The number of alkyl halides is 6. The average molecular weight is 224 g/mol. The van der Waals surface area contributed by atoms with Crippen LogP contribution in [0.2, 0.25) is 0 Å². The summed E-state index contributed by atoms with van der Waals surface area (Å²) < 4.78 is 81.1. The van der Waals surface area contributed by atoms with Crippen molar-refractivity contribution < 1.29 is 35.8 Å². The molecule has 2 unspecified atom stereocenters. The van der Waals surface area contributed by atoms with Crippen LogP contribution < -0.4 is 0 Å². The molecule has 0 aromatic rings. The van der Waals surface area contributed by atoms with Gasteiger partial charge in [-0.1, -0.05) is 0 Å². The molecule has 1 rings (SSSR count). The third-order valence-corrected chi connectivity index (χ3v) is 1.68. The molecule has 0 N–H and O–H groups in total. The fourth-order valence-electron chi connectivity index (χ4n) is 0.937. The van der Waals surface area contributed by atoms with E-state index in [-0.39, 0.29) is 0 Å². The van der Waals surface area contributed by atoms with Gasteiger partial charge in [0.05, 0.1) is 6.61 Å². The number of hydrogen-bond donors (Lipinski definition) is 0. The first-order valence-corrected chi connectivity index (χ1v) is 3.54. The minimum atomic E-state index is -5.60. The van der Waals surface area contributed by atoms with Crippen LogP contribution in [0.4, 0.5) is 26.3 Å². The summed E-state index contributed by atoms with van der Waals surface area (Å²) in [5.41, 5.74) is 0. The molecule has 0 aliphatic carbocycles. The second-order valence-electron chi connectivity index (χ2n) is 2.72. The topological polar surface area (TPSA) is 18.5 Å². The zero-order chi connectivity index (χ0) is 11.0. The van der Waals surface area contributed by atoms with Crippen molar-refractivity contribution in [2.24, 2.45) is 0 Å². The summed E-state index contributed by atoms with van der Waals surface area (Å²) in [7, 11) is 0. The molecule has 1 fully saturated rings. The molecule has 8 heteroatoms. The summed E-state index contributed by atoms with van der Waals surface area (Å²) in [6.07, 6.45) is -12.0. The summed E-state index contributed by atoms with van der Waals surface area (Å²) in [5.74, 6) is -4.62. The highest BCUT2D eigenvalue weighted by atomic mass is 19.4. The zero-order valence-electron chi connectivity index (χ0n) is 6.65. The number of rotatable bonds is 2. The van der Waals surface area contributed by atoms with Gasteiger partial charge in [0.25, 0.3) is 6.17 Å². The van der Waals surface area contributed by atoms with Gasteiger partial charge in [-0.05, 0) is 0 Å². The fraction of sp³-hybridized carbons (Fsp3) is 1.00. The largest absolute Gasteiger partial charge is 0.425 e. The van der Waals surface area contributed by atoms with Gasteiger partial charge in [0, 0.05) is 0 Å². The van der Waals surface area contributed by atoms with Crippen molar-refractivity contribution in [2.45, 2.75) is 24.4 Å². The van der Waals surface area contributed by atoms with Crippen molar-refractivity contribution in [3.05, 3.63) is 0 Å². The normalized spacial score (nSPS) is 26.6. The molecule has 2 atom stereocenters. The summed E-state index contributed by atoms with van der Waals surface area (Å²) in [4.78, 5) is 0. The van der Waals surface area contributed by atoms with Gasteiger partial charge in [0.1, 0.15) is 6.79 Å². The molecule has 1 saturated heterocycles. The zero-order valence-corrected chi connectivity index (χ0v) is 6.65. The summed E-state index contributed by atoms with van der Waals surface area (Å²) in [6.45, 7) is -1.30. The van der Waals surface area contributed by atoms with E-state index in [9.17, 15) is 26.3 Å². The van der Waals surface area contributed by atoms with Gasteiger partial charge in [-0.2, -0.15) is 22.0 Å². The highest BCUT2D eigenvalue weighted by Crippen LogP contribution is 2.39. The summed E-state index contributed by atoms with van der Waals surface area (Å²) in [6, 6.07) is 0. The van der Waals surface area contributed by atoms with E-state index in [1.54, 1.807) is 0 Å². The molecular formula is C6H6F6O2. The van der Waals surface area contributed by atoms with E-state index in [2.05, 4.69) is 9.47 Å². The third-order valence-electron chi connectivity index (χ3n) is 1.68. The van der Waals surface area contributed by atoms with Crippen LogP contribution in [-0.2, 0) is 9.47 Å². The summed E-state index contributed by atoms with van der Waals surface area (Å²) >= 11 is 0. The summed E-state index contributed by atoms with van der Waals surface area (Å²) in [5, 5.41) is 0. The van der Waals surface area contributed by atoms with Crippen molar-refractivity contribution in [3.63, 3.8) is 0 Å². The molecule has 1 aliphatic heterocycles. The second kappa shape index (κ2) is 3.58. The fourth-order valence-corrected chi connectivity index (χ4v) is 0.937. The molecule has 0 aromatic carbocycles. The molecule has 0 amide bonds. The van der Waals surface area contributed by atoms with Crippen LogP contribution in [0, 0.1) is 0 Å². The van der Waals surface area contributed by atoms with Gasteiger partial charge in [-0.3, -0.25) is 0 Å². The third kappa shape index (κ3) is 2.11. The van der Waals surface area contributed by atoms with E-state index in [0.717, 1.165) is 0 Å². The van der Waals surface area contributed by atoms with Crippen LogP contribution in [0.1, 0.15) is 0 Å². The molecule has 2 nitrogen and oxygen atoms in total. The Hall–Kier alpha value is -0.500. The minimum absolute atomic E-state index is 0.551. The first kappa shape index (κ1) is 11.6. The highest BCUT2D eigenvalue weighted by Gasteiger charge is 2.61. The molecule has 84 valence electrons. The molecule has 0 spiro atoms. The first-order chi connectivity index (χ1) is 6.26. The van der Waals surface area contributed by atoms with Crippen LogP contribution >= 0.6 is 0 Å². The lowest BCUT2D eigenvalue weighted by Crippen LogP contribution is -2.50. The van der Waals surface area contributed by atoms with E-state index in [0.29, 0.717) is 0 Å². The number of halogens is 6. The molecule has 1 heterocycles. The maximum absolute atomic E-state index is 12.7. The SMILES string of the molecule is FC(C(F)(F)F)C(F)(F)C1COCO1. The lowest BCUT2D eigenvalue weighted by Gasteiger charge is -2.25. The monoisotopic (exact) mass is 224 g/mol. The Morgan fingerprint density at radius 3 is 2.07 bits per heavy atom. The standard InChI is InChI=1S/C6H6F6O2/c7-4(6(10,11)12)5(8,9)3-1-13-2-14-3/h3-4H,1-2H2. The van der Waals surface area contributed by atoms with E-state index < -0.39 is 37.8 Å². The van der Waals surface area contributed by atoms with Crippen LogP contribution in [0.25, 0.3) is 0 Å². The van der Waals surface area contributed by atoms with E-state index in [4.69, 9.17) is 0 Å². The van der Waals surface area contributed by atoms with Gasteiger partial charge in [0.15, 0.2) is 6.10 Å². The predicted octanol–water partition coefficient (Wildman–Crippen LogP) is 1.89. The Bertz CT molecular complexity index is 197. The molecule has 1 aliphatic rings. The highest BCUT2D eigenvalue weighted by molar-refractivity contribution is 4.90. The Kier molecular flexibility index (Phi) is 2.96. The predicted molar refractivity (Wildman–Crippen MR) is 31.6 cm³/mol. The Morgan fingerprint density at radius 1 is 1.14 bits per heavy atom. The maximum Gasteiger partial charge on any atom is 0.425 e. The quantitative estimate of drug-likeness (QED) is 0.667. The Morgan fingerprint density at radius 2 is 1.71 bits per heavy atom. The lowest BCUT2D eigenvalue weighted by atomic mass is 10.1. The average Bonchev–Trinajstić information content (AvgIpc) is 2.53. The Labute approximate surface area is 74.8 Å². The lowest BCUT2D eigenvalue weighted by molar-refractivity contribution is -0.266. The minimum Gasteiger partial charge on any atom is -0.352 e. The Balaban J connectivity index is 2.72. The number of hydrogen-bond acceptors (Lipinski definition) is 2. The van der Waals surface area contributed by atoms with Crippen molar-refractivity contribution in [2.75, 3.05) is 13.4 Å². The molecular weight excluding hydrogens is 218 g/mol. The van der Waals surface area contributed by atoms with Gasteiger partial charge in [-0.15, -0.1) is 0 Å². The molecule has 0 saturated carbocycles. The first-order valence-electron chi connectivity index (χ1n) is 3.54. The van der Waals surface area contributed by atoms with Crippen molar-refractivity contribution in [1.29, 1.82) is 0 Å². The van der Waals surface area contributed by atoms with Crippen LogP contribution in [0.5, 0.6) is 0 Å². The van der Waals surface area contributed by atoms with Crippen molar-refractivity contribution in [3.8, 4) is 0 Å². The van der Waals surface area contributed by atoms with Crippen molar-refractivity contribution in [1.82, 2.24) is 0 Å². The number of ether oxygens (including phenoxy) is 2. The molecule has 0 bridgehead atoms. The van der Waals surface area contributed by atoms with Crippen LogP contribution in [-0.4, -0.2) is 37.8 Å². The van der Waals surface area contributed by atoms with E-state index >= 15 is 0 Å². The van der Waals surface area contributed by atoms with Gasteiger partial charge < -0.3 is 9.47 Å². The molecule has 0 aromatic heterocycles.